The summed E-state index contributed by atoms with van der Waals surface area (Å²) < 4.78 is 0. The molecule has 0 aliphatic carbocycles. The van der Waals surface area contributed by atoms with Crippen LogP contribution >= 0.6 is 0 Å². The van der Waals surface area contributed by atoms with Gasteiger partial charge in [0.05, 0.1) is 23.8 Å². The summed E-state index contributed by atoms with van der Waals surface area (Å²) >= 11 is 0. The third kappa shape index (κ3) is 2.33. The molecule has 2 aliphatic heterocycles. The van der Waals surface area contributed by atoms with Crippen molar-refractivity contribution in [2.24, 2.45) is 5.73 Å². The number of piperazine rings is 1. The monoisotopic (exact) mass is 302 g/mol. The second-order valence-corrected chi connectivity index (χ2v) is 5.62. The Balaban J connectivity index is 1.90. The molecule has 0 radical (unpaired) electrons. The Morgan fingerprint density at radius 2 is 2.05 bits per heavy atom. The second kappa shape index (κ2) is 5.42. The van der Waals surface area contributed by atoms with Gasteiger partial charge in [0.25, 0.3) is 5.91 Å². The maximum Gasteiger partial charge on any atom is 0.256 e. The minimum Gasteiger partial charge on any atom is -0.337 e. The lowest BCUT2D eigenvalue weighted by molar-refractivity contribution is -0.136. The van der Waals surface area contributed by atoms with Gasteiger partial charge in [-0.1, -0.05) is 12.1 Å². The molecule has 1 saturated heterocycles. The van der Waals surface area contributed by atoms with Crippen LogP contribution in [0.25, 0.3) is 0 Å². The van der Waals surface area contributed by atoms with E-state index in [1.807, 2.05) is 0 Å². The van der Waals surface area contributed by atoms with Crippen LogP contribution in [0.1, 0.15) is 17.3 Å². The molecule has 2 heterocycles. The molecule has 0 spiro atoms. The summed E-state index contributed by atoms with van der Waals surface area (Å²) in [6, 6.07) is 5.63. The normalized spacial score (nSPS) is 22.4. The van der Waals surface area contributed by atoms with Gasteiger partial charge in [-0.3, -0.25) is 14.4 Å². The van der Waals surface area contributed by atoms with E-state index in [1.54, 1.807) is 36.1 Å². The van der Waals surface area contributed by atoms with Gasteiger partial charge in [0, 0.05) is 13.1 Å². The lowest BCUT2D eigenvalue weighted by Gasteiger charge is -2.39. The van der Waals surface area contributed by atoms with Crippen LogP contribution in [-0.2, 0) is 9.59 Å². The van der Waals surface area contributed by atoms with Crippen LogP contribution in [0.3, 0.4) is 0 Å². The smallest absolute Gasteiger partial charge is 0.256 e. The molecule has 1 aromatic carbocycles. The molecule has 2 aliphatic rings. The standard InChI is InChI=1S/C15H18N4O3/c1-9(16)14(21)18-6-7-19-12(8-18)13(20)17-11-5-3-2-4-10(11)15(19)22/h2-5,9,12H,6-8,16H2,1H3,(H,17,20). The summed E-state index contributed by atoms with van der Waals surface area (Å²) in [5, 5.41) is 2.77. The van der Waals surface area contributed by atoms with E-state index in [-0.39, 0.29) is 24.3 Å². The van der Waals surface area contributed by atoms with Crippen molar-refractivity contribution in [1.29, 1.82) is 0 Å². The van der Waals surface area contributed by atoms with Crippen molar-refractivity contribution >= 4 is 23.4 Å². The summed E-state index contributed by atoms with van der Waals surface area (Å²) in [4.78, 5) is 40.2. The van der Waals surface area contributed by atoms with Crippen molar-refractivity contribution in [3.8, 4) is 0 Å². The molecule has 0 aromatic heterocycles. The van der Waals surface area contributed by atoms with Gasteiger partial charge >= 0.3 is 0 Å². The molecule has 3 rings (SSSR count). The van der Waals surface area contributed by atoms with Crippen LogP contribution in [0, 0.1) is 0 Å². The summed E-state index contributed by atoms with van der Waals surface area (Å²) in [5.41, 5.74) is 6.61. The van der Waals surface area contributed by atoms with Crippen LogP contribution in [-0.4, -0.2) is 59.2 Å². The summed E-state index contributed by atoms with van der Waals surface area (Å²) in [6.45, 7) is 2.50. The van der Waals surface area contributed by atoms with Gasteiger partial charge in [-0.05, 0) is 19.1 Å². The average Bonchev–Trinajstić information content (AvgIpc) is 2.62. The van der Waals surface area contributed by atoms with Gasteiger partial charge in [0.15, 0.2) is 0 Å². The zero-order valence-electron chi connectivity index (χ0n) is 12.3. The van der Waals surface area contributed by atoms with Crippen molar-refractivity contribution in [3.05, 3.63) is 29.8 Å². The summed E-state index contributed by atoms with van der Waals surface area (Å²) in [6.07, 6.45) is 0. The number of amides is 3. The van der Waals surface area contributed by atoms with Crippen molar-refractivity contribution in [2.75, 3.05) is 25.0 Å². The fraction of sp³-hybridized carbons (Fsp3) is 0.400. The van der Waals surface area contributed by atoms with Crippen molar-refractivity contribution in [2.45, 2.75) is 19.0 Å². The molecule has 7 heteroatoms. The zero-order valence-corrected chi connectivity index (χ0v) is 12.3. The van der Waals surface area contributed by atoms with E-state index in [0.29, 0.717) is 24.3 Å². The number of carbonyl (C=O) groups excluding carboxylic acids is 3. The Kier molecular flexibility index (Phi) is 3.58. The number of hydrogen-bond donors (Lipinski definition) is 2. The number of benzene rings is 1. The van der Waals surface area contributed by atoms with E-state index in [9.17, 15) is 14.4 Å². The number of fused-ring (bicyclic) bond motifs is 2. The van der Waals surface area contributed by atoms with E-state index in [2.05, 4.69) is 5.32 Å². The van der Waals surface area contributed by atoms with E-state index in [1.165, 1.54) is 4.90 Å². The third-order valence-corrected chi connectivity index (χ3v) is 4.06. The topological polar surface area (TPSA) is 95.7 Å². The maximum absolute atomic E-state index is 12.6. The average molecular weight is 302 g/mol. The lowest BCUT2D eigenvalue weighted by atomic mass is 10.1. The van der Waals surface area contributed by atoms with Crippen LogP contribution < -0.4 is 11.1 Å². The number of anilines is 1. The van der Waals surface area contributed by atoms with Crippen molar-refractivity contribution in [1.82, 2.24) is 9.80 Å². The number of carbonyl (C=O) groups is 3. The molecule has 3 N–H and O–H groups in total. The first-order valence-electron chi connectivity index (χ1n) is 7.24. The molecule has 0 bridgehead atoms. The third-order valence-electron chi connectivity index (χ3n) is 4.06. The van der Waals surface area contributed by atoms with E-state index in [0.717, 1.165) is 0 Å². The SMILES string of the molecule is CC(N)C(=O)N1CCN2C(=O)c3ccccc3NC(=O)C2C1. The maximum atomic E-state index is 12.6. The Hall–Kier alpha value is -2.41. The highest BCUT2D eigenvalue weighted by Crippen LogP contribution is 2.25. The minimum absolute atomic E-state index is 0.173. The highest BCUT2D eigenvalue weighted by molar-refractivity contribution is 6.10. The quantitative estimate of drug-likeness (QED) is 0.740. The van der Waals surface area contributed by atoms with Crippen LogP contribution in [0.15, 0.2) is 24.3 Å². The van der Waals surface area contributed by atoms with Gasteiger partial charge in [-0.2, -0.15) is 0 Å². The molecule has 1 aromatic rings. The number of nitrogens with zero attached hydrogens (tertiary/aromatic N) is 2. The van der Waals surface area contributed by atoms with Crippen LogP contribution in [0.2, 0.25) is 0 Å². The zero-order chi connectivity index (χ0) is 15.9. The predicted molar refractivity (Wildman–Crippen MR) is 80.1 cm³/mol. The molecule has 2 unspecified atom stereocenters. The van der Waals surface area contributed by atoms with E-state index < -0.39 is 12.1 Å². The van der Waals surface area contributed by atoms with Gasteiger partial charge in [-0.15, -0.1) is 0 Å². The molecule has 7 nitrogen and oxygen atoms in total. The van der Waals surface area contributed by atoms with E-state index >= 15 is 0 Å². The second-order valence-electron chi connectivity index (χ2n) is 5.62. The highest BCUT2D eigenvalue weighted by atomic mass is 16.2. The number of rotatable bonds is 1. The predicted octanol–water partition coefficient (Wildman–Crippen LogP) is -0.361. The van der Waals surface area contributed by atoms with Crippen molar-refractivity contribution < 1.29 is 14.4 Å². The number of hydrogen-bond acceptors (Lipinski definition) is 4. The lowest BCUT2D eigenvalue weighted by Crippen LogP contribution is -2.61. The largest absolute Gasteiger partial charge is 0.337 e. The van der Waals surface area contributed by atoms with Crippen LogP contribution in [0.5, 0.6) is 0 Å². The molecule has 3 amide bonds. The first kappa shape index (κ1) is 14.5. The molecular formula is C15H18N4O3. The van der Waals surface area contributed by atoms with Gasteiger partial charge in [0.2, 0.25) is 11.8 Å². The first-order valence-corrected chi connectivity index (χ1v) is 7.24. The molecule has 1 fully saturated rings. The Morgan fingerprint density at radius 1 is 1.32 bits per heavy atom. The Morgan fingerprint density at radius 3 is 2.77 bits per heavy atom. The fourth-order valence-corrected chi connectivity index (χ4v) is 2.89. The summed E-state index contributed by atoms with van der Waals surface area (Å²) in [5.74, 6) is -0.672. The van der Waals surface area contributed by atoms with Gasteiger partial charge in [-0.25, -0.2) is 0 Å². The van der Waals surface area contributed by atoms with Gasteiger partial charge < -0.3 is 20.9 Å². The Labute approximate surface area is 128 Å². The molecule has 22 heavy (non-hydrogen) atoms. The van der Waals surface area contributed by atoms with E-state index in [4.69, 9.17) is 5.73 Å². The summed E-state index contributed by atoms with van der Waals surface area (Å²) in [7, 11) is 0. The molecular weight excluding hydrogens is 284 g/mol. The fourth-order valence-electron chi connectivity index (χ4n) is 2.89. The molecule has 2 atom stereocenters. The Bertz CT molecular complexity index is 643. The molecule has 116 valence electrons. The number of nitrogens with two attached hydrogens (primary N) is 1. The highest BCUT2D eigenvalue weighted by Gasteiger charge is 2.40. The molecule has 0 saturated carbocycles. The first-order chi connectivity index (χ1) is 10.5. The number of nitrogens with one attached hydrogen (secondary N) is 1. The van der Waals surface area contributed by atoms with Gasteiger partial charge in [0.1, 0.15) is 6.04 Å². The minimum atomic E-state index is -0.684. The van der Waals surface area contributed by atoms with Crippen molar-refractivity contribution in [3.63, 3.8) is 0 Å². The van der Waals surface area contributed by atoms with Crippen LogP contribution in [0.4, 0.5) is 5.69 Å². The number of para-hydroxylation sites is 1.